The van der Waals surface area contributed by atoms with E-state index in [2.05, 4.69) is 31.0 Å². The summed E-state index contributed by atoms with van der Waals surface area (Å²) in [4.78, 5) is 2.58. The predicted molar refractivity (Wildman–Crippen MR) is 68.8 cm³/mol. The van der Waals surface area contributed by atoms with Gasteiger partial charge in [0.1, 0.15) is 0 Å². The van der Waals surface area contributed by atoms with Crippen molar-refractivity contribution in [1.82, 2.24) is 10.2 Å². The van der Waals surface area contributed by atoms with Crippen LogP contribution in [0.1, 0.15) is 33.6 Å². The first-order valence-corrected chi connectivity index (χ1v) is 6.65. The van der Waals surface area contributed by atoms with Gasteiger partial charge in [0.2, 0.25) is 0 Å². The lowest BCUT2D eigenvalue weighted by atomic mass is 10.1. The van der Waals surface area contributed by atoms with Crippen molar-refractivity contribution in [2.75, 3.05) is 33.4 Å². The van der Waals surface area contributed by atoms with E-state index in [0.29, 0.717) is 12.0 Å². The summed E-state index contributed by atoms with van der Waals surface area (Å²) in [6.45, 7) is 11.0. The Hall–Kier alpha value is -0.120. The van der Waals surface area contributed by atoms with E-state index >= 15 is 0 Å². The smallest absolute Gasteiger partial charge is 0.0618 e. The van der Waals surface area contributed by atoms with Crippen molar-refractivity contribution in [2.24, 2.45) is 5.92 Å². The zero-order chi connectivity index (χ0) is 12.0. The number of ether oxygens (including phenoxy) is 1. The fourth-order valence-electron chi connectivity index (χ4n) is 2.10. The molecule has 0 amide bonds. The number of nitrogens with zero attached hydrogens (tertiary/aromatic N) is 1. The minimum Gasteiger partial charge on any atom is -0.383 e. The standard InChI is InChI=1S/C13H28N2O/c1-5-15(12-6-7-12)9-8-14-13(10-16-4)11(2)3/h11-14H,5-10H2,1-4H3. The second-order valence-electron chi connectivity index (χ2n) is 5.12. The number of nitrogens with one attached hydrogen (secondary N) is 1. The molecule has 3 nitrogen and oxygen atoms in total. The van der Waals surface area contributed by atoms with E-state index in [-0.39, 0.29) is 0 Å². The van der Waals surface area contributed by atoms with Crippen LogP contribution in [0.3, 0.4) is 0 Å². The molecule has 0 spiro atoms. The number of rotatable bonds is 9. The highest BCUT2D eigenvalue weighted by Crippen LogP contribution is 2.25. The number of hydrogen-bond donors (Lipinski definition) is 1. The van der Waals surface area contributed by atoms with Gasteiger partial charge in [0.15, 0.2) is 0 Å². The third-order valence-electron chi connectivity index (χ3n) is 3.43. The van der Waals surface area contributed by atoms with Crippen LogP contribution in [0.15, 0.2) is 0 Å². The average molecular weight is 228 g/mol. The Balaban J connectivity index is 2.15. The lowest BCUT2D eigenvalue weighted by molar-refractivity contribution is 0.144. The van der Waals surface area contributed by atoms with Gasteiger partial charge in [-0.25, -0.2) is 0 Å². The van der Waals surface area contributed by atoms with Crippen LogP contribution < -0.4 is 5.32 Å². The van der Waals surface area contributed by atoms with Crippen molar-refractivity contribution >= 4 is 0 Å². The Kier molecular flexibility index (Phi) is 6.32. The molecule has 0 radical (unpaired) electrons. The first-order valence-electron chi connectivity index (χ1n) is 6.65. The van der Waals surface area contributed by atoms with E-state index in [1.165, 1.54) is 25.9 Å². The molecule has 16 heavy (non-hydrogen) atoms. The molecule has 1 aliphatic carbocycles. The summed E-state index contributed by atoms with van der Waals surface area (Å²) in [5, 5.41) is 3.60. The summed E-state index contributed by atoms with van der Waals surface area (Å²) < 4.78 is 5.23. The van der Waals surface area contributed by atoms with Gasteiger partial charge in [-0.2, -0.15) is 0 Å². The Morgan fingerprint density at radius 3 is 2.50 bits per heavy atom. The van der Waals surface area contributed by atoms with E-state index in [1.807, 2.05) is 0 Å². The zero-order valence-electron chi connectivity index (χ0n) is 11.3. The van der Waals surface area contributed by atoms with Gasteiger partial charge < -0.3 is 10.1 Å². The van der Waals surface area contributed by atoms with Crippen molar-refractivity contribution in [1.29, 1.82) is 0 Å². The first-order chi connectivity index (χ1) is 7.69. The molecule has 0 bridgehead atoms. The molecule has 1 fully saturated rings. The molecule has 1 rings (SSSR count). The Morgan fingerprint density at radius 1 is 1.38 bits per heavy atom. The normalized spacial score (nSPS) is 18.4. The molecule has 0 aliphatic heterocycles. The third-order valence-corrected chi connectivity index (χ3v) is 3.43. The van der Waals surface area contributed by atoms with Gasteiger partial charge in [-0.1, -0.05) is 20.8 Å². The quantitative estimate of drug-likeness (QED) is 0.650. The van der Waals surface area contributed by atoms with Crippen LogP contribution in [0, 0.1) is 5.92 Å². The number of likely N-dealkylation sites (N-methyl/N-ethyl adjacent to an activating group) is 1. The van der Waals surface area contributed by atoms with Crippen LogP contribution in [0.5, 0.6) is 0 Å². The molecule has 0 heterocycles. The number of methoxy groups -OCH3 is 1. The fraction of sp³-hybridized carbons (Fsp3) is 1.00. The first kappa shape index (κ1) is 13.9. The van der Waals surface area contributed by atoms with Gasteiger partial charge in [0.05, 0.1) is 6.61 Å². The largest absolute Gasteiger partial charge is 0.383 e. The molecule has 1 unspecified atom stereocenters. The lowest BCUT2D eigenvalue weighted by Gasteiger charge is -2.25. The van der Waals surface area contributed by atoms with Crippen molar-refractivity contribution < 1.29 is 4.74 Å². The topological polar surface area (TPSA) is 24.5 Å². The molecule has 96 valence electrons. The van der Waals surface area contributed by atoms with Gasteiger partial charge >= 0.3 is 0 Å². The van der Waals surface area contributed by atoms with Crippen molar-refractivity contribution in [3.05, 3.63) is 0 Å². The molecular weight excluding hydrogens is 200 g/mol. The SMILES string of the molecule is CCN(CCNC(COC)C(C)C)C1CC1. The lowest BCUT2D eigenvalue weighted by Crippen LogP contribution is -2.42. The maximum absolute atomic E-state index is 5.23. The van der Waals surface area contributed by atoms with E-state index in [0.717, 1.165) is 19.2 Å². The second kappa shape index (κ2) is 7.25. The highest BCUT2D eigenvalue weighted by Gasteiger charge is 2.27. The summed E-state index contributed by atoms with van der Waals surface area (Å²) in [6.07, 6.45) is 2.80. The molecule has 3 heteroatoms. The molecular formula is C13H28N2O. The van der Waals surface area contributed by atoms with E-state index < -0.39 is 0 Å². The molecule has 0 aromatic carbocycles. The van der Waals surface area contributed by atoms with Crippen LogP contribution in [0.2, 0.25) is 0 Å². The average Bonchev–Trinajstić information content (AvgIpc) is 3.06. The molecule has 1 N–H and O–H groups in total. The fourth-order valence-corrected chi connectivity index (χ4v) is 2.10. The van der Waals surface area contributed by atoms with Crippen LogP contribution in [0.4, 0.5) is 0 Å². The van der Waals surface area contributed by atoms with Crippen molar-refractivity contribution in [3.63, 3.8) is 0 Å². The number of hydrogen-bond acceptors (Lipinski definition) is 3. The molecule has 1 aliphatic rings. The molecule has 1 atom stereocenters. The van der Waals surface area contributed by atoms with Crippen LogP contribution in [-0.2, 0) is 4.74 Å². The molecule has 0 aromatic heterocycles. The highest BCUT2D eigenvalue weighted by molar-refractivity contribution is 4.84. The molecule has 0 saturated heterocycles. The summed E-state index contributed by atoms with van der Waals surface area (Å²) in [7, 11) is 1.78. The minimum absolute atomic E-state index is 0.489. The van der Waals surface area contributed by atoms with E-state index in [9.17, 15) is 0 Å². The van der Waals surface area contributed by atoms with Crippen molar-refractivity contribution in [3.8, 4) is 0 Å². The van der Waals surface area contributed by atoms with E-state index in [4.69, 9.17) is 4.74 Å². The van der Waals surface area contributed by atoms with Crippen LogP contribution in [-0.4, -0.2) is 50.3 Å². The van der Waals surface area contributed by atoms with Gasteiger partial charge in [0, 0.05) is 32.3 Å². The Bertz CT molecular complexity index is 181. The Morgan fingerprint density at radius 2 is 2.06 bits per heavy atom. The van der Waals surface area contributed by atoms with Crippen molar-refractivity contribution in [2.45, 2.75) is 45.7 Å². The Labute approximate surface area is 101 Å². The molecule has 0 aromatic rings. The van der Waals surface area contributed by atoms with Gasteiger partial charge in [-0.15, -0.1) is 0 Å². The van der Waals surface area contributed by atoms with E-state index in [1.54, 1.807) is 7.11 Å². The maximum Gasteiger partial charge on any atom is 0.0618 e. The third kappa shape index (κ3) is 4.81. The van der Waals surface area contributed by atoms with Crippen LogP contribution in [0.25, 0.3) is 0 Å². The minimum atomic E-state index is 0.489. The van der Waals surface area contributed by atoms with Crippen LogP contribution >= 0.6 is 0 Å². The van der Waals surface area contributed by atoms with Gasteiger partial charge in [-0.05, 0) is 25.3 Å². The summed E-state index contributed by atoms with van der Waals surface area (Å²) in [6, 6.07) is 1.37. The second-order valence-corrected chi connectivity index (χ2v) is 5.12. The summed E-state index contributed by atoms with van der Waals surface area (Å²) >= 11 is 0. The van der Waals surface area contributed by atoms with Gasteiger partial charge in [-0.3, -0.25) is 4.90 Å². The molecule has 1 saturated carbocycles. The monoisotopic (exact) mass is 228 g/mol. The summed E-state index contributed by atoms with van der Waals surface area (Å²) in [5.74, 6) is 0.635. The highest BCUT2D eigenvalue weighted by atomic mass is 16.5. The zero-order valence-corrected chi connectivity index (χ0v) is 11.3. The summed E-state index contributed by atoms with van der Waals surface area (Å²) in [5.41, 5.74) is 0. The van der Waals surface area contributed by atoms with Gasteiger partial charge in [0.25, 0.3) is 0 Å². The maximum atomic E-state index is 5.23. The predicted octanol–water partition coefficient (Wildman–Crippen LogP) is 1.73.